The Bertz CT molecular complexity index is 563. The van der Waals surface area contributed by atoms with Gasteiger partial charge in [-0.05, 0) is 35.0 Å². The van der Waals surface area contributed by atoms with Crippen molar-refractivity contribution >= 4 is 33.2 Å². The van der Waals surface area contributed by atoms with Gasteiger partial charge in [-0.3, -0.25) is 9.48 Å². The summed E-state index contributed by atoms with van der Waals surface area (Å²) in [6.45, 7) is 1.91. The minimum absolute atomic E-state index is 0.102. The molecule has 0 aliphatic rings. The highest BCUT2D eigenvalue weighted by Crippen LogP contribution is 2.30. The summed E-state index contributed by atoms with van der Waals surface area (Å²) in [4.78, 5) is 12.2. The van der Waals surface area contributed by atoms with E-state index in [-0.39, 0.29) is 12.1 Å². The molecule has 1 amide bonds. The van der Waals surface area contributed by atoms with Crippen molar-refractivity contribution < 1.29 is 4.79 Å². The molecule has 4 N–H and O–H groups in total. The first kappa shape index (κ1) is 13.3. The summed E-state index contributed by atoms with van der Waals surface area (Å²) < 4.78 is 2.72. The Morgan fingerprint density at radius 3 is 2.72 bits per heavy atom. The van der Waals surface area contributed by atoms with Gasteiger partial charge in [0.15, 0.2) is 0 Å². The van der Waals surface area contributed by atoms with Gasteiger partial charge < -0.3 is 11.5 Å². The Morgan fingerprint density at radius 1 is 1.56 bits per heavy atom. The zero-order valence-corrected chi connectivity index (χ0v) is 12.1. The van der Waals surface area contributed by atoms with Crippen LogP contribution in [0.15, 0.2) is 28.3 Å². The third kappa shape index (κ3) is 2.63. The van der Waals surface area contributed by atoms with Crippen LogP contribution in [0.2, 0.25) is 0 Å². The van der Waals surface area contributed by atoms with E-state index in [1.165, 1.54) is 6.20 Å². The lowest BCUT2D eigenvalue weighted by Gasteiger charge is -2.19. The van der Waals surface area contributed by atoms with Crippen molar-refractivity contribution in [1.82, 2.24) is 9.78 Å². The third-order valence-electron chi connectivity index (χ3n) is 2.55. The number of nitrogens with two attached hydrogens (primary N) is 2. The zero-order chi connectivity index (χ0) is 13.3. The molecule has 96 valence electrons. The van der Waals surface area contributed by atoms with Crippen LogP contribution in [-0.4, -0.2) is 21.7 Å². The second-order valence-electron chi connectivity index (χ2n) is 4.02. The highest BCUT2D eigenvalue weighted by molar-refractivity contribution is 9.11. The van der Waals surface area contributed by atoms with E-state index < -0.39 is 5.91 Å². The SMILES string of the molecule is CC(N)C(c1ccc(Br)s1)n1cc(C(N)=O)cn1. The molecule has 2 unspecified atom stereocenters. The van der Waals surface area contributed by atoms with Gasteiger partial charge in [-0.1, -0.05) is 0 Å². The van der Waals surface area contributed by atoms with Crippen LogP contribution >= 0.6 is 27.3 Å². The second kappa shape index (κ2) is 5.21. The quantitative estimate of drug-likeness (QED) is 0.896. The smallest absolute Gasteiger partial charge is 0.251 e. The van der Waals surface area contributed by atoms with Gasteiger partial charge in [0, 0.05) is 17.1 Å². The Balaban J connectivity index is 2.38. The van der Waals surface area contributed by atoms with Crippen molar-refractivity contribution in [2.75, 3.05) is 0 Å². The van der Waals surface area contributed by atoms with E-state index in [0.29, 0.717) is 5.56 Å². The fraction of sp³-hybridized carbons (Fsp3) is 0.273. The van der Waals surface area contributed by atoms with E-state index in [0.717, 1.165) is 8.66 Å². The van der Waals surface area contributed by atoms with Crippen molar-refractivity contribution in [3.05, 3.63) is 38.8 Å². The summed E-state index contributed by atoms with van der Waals surface area (Å²) in [7, 11) is 0. The first-order valence-corrected chi connectivity index (χ1v) is 6.94. The summed E-state index contributed by atoms with van der Waals surface area (Å²) in [5.41, 5.74) is 11.6. The lowest BCUT2D eigenvalue weighted by Crippen LogP contribution is -2.30. The topological polar surface area (TPSA) is 86.9 Å². The molecule has 2 atom stereocenters. The van der Waals surface area contributed by atoms with Gasteiger partial charge in [0.05, 0.1) is 15.5 Å². The predicted molar refractivity (Wildman–Crippen MR) is 74.6 cm³/mol. The van der Waals surface area contributed by atoms with Crippen molar-refractivity contribution in [2.24, 2.45) is 11.5 Å². The molecule has 0 aromatic carbocycles. The van der Waals surface area contributed by atoms with E-state index >= 15 is 0 Å². The predicted octanol–water partition coefficient (Wildman–Crippen LogP) is 1.74. The van der Waals surface area contributed by atoms with Crippen molar-refractivity contribution in [3.63, 3.8) is 0 Å². The van der Waals surface area contributed by atoms with Gasteiger partial charge in [-0.15, -0.1) is 11.3 Å². The second-order valence-corrected chi connectivity index (χ2v) is 6.51. The van der Waals surface area contributed by atoms with Crippen molar-refractivity contribution in [1.29, 1.82) is 0 Å². The van der Waals surface area contributed by atoms with E-state index in [1.54, 1.807) is 22.2 Å². The van der Waals surface area contributed by atoms with Gasteiger partial charge in [-0.25, -0.2) is 0 Å². The molecule has 2 rings (SSSR count). The summed E-state index contributed by atoms with van der Waals surface area (Å²) in [5.74, 6) is -0.489. The molecule has 0 saturated heterocycles. The number of hydrogen-bond acceptors (Lipinski definition) is 4. The molecular weight excluding hydrogens is 316 g/mol. The molecule has 0 bridgehead atoms. The fourth-order valence-electron chi connectivity index (χ4n) is 1.74. The number of rotatable bonds is 4. The van der Waals surface area contributed by atoms with Gasteiger partial charge in [0.1, 0.15) is 6.04 Å². The standard InChI is InChI=1S/C11H13BrN4OS/c1-6(13)10(8-2-3-9(12)18-8)16-5-7(4-15-16)11(14)17/h2-6,10H,13H2,1H3,(H2,14,17). The van der Waals surface area contributed by atoms with Gasteiger partial charge in [0.2, 0.25) is 0 Å². The van der Waals surface area contributed by atoms with Gasteiger partial charge in [-0.2, -0.15) is 5.10 Å². The number of nitrogens with zero attached hydrogens (tertiary/aromatic N) is 2. The Labute approximate surface area is 117 Å². The molecule has 5 nitrogen and oxygen atoms in total. The van der Waals surface area contributed by atoms with Gasteiger partial charge >= 0.3 is 0 Å². The van der Waals surface area contributed by atoms with E-state index in [1.807, 2.05) is 19.1 Å². The van der Waals surface area contributed by atoms with Crippen LogP contribution in [0.25, 0.3) is 0 Å². The largest absolute Gasteiger partial charge is 0.366 e. The molecule has 0 saturated carbocycles. The maximum Gasteiger partial charge on any atom is 0.251 e. The summed E-state index contributed by atoms with van der Waals surface area (Å²) in [6.07, 6.45) is 3.09. The first-order chi connectivity index (χ1) is 8.49. The number of halogens is 1. The van der Waals surface area contributed by atoms with Crippen LogP contribution in [0.1, 0.15) is 28.2 Å². The molecule has 2 heterocycles. The molecule has 2 aromatic rings. The fourth-order valence-corrected chi connectivity index (χ4v) is 3.37. The Kier molecular flexibility index (Phi) is 3.84. The lowest BCUT2D eigenvalue weighted by atomic mass is 10.1. The van der Waals surface area contributed by atoms with Crippen molar-refractivity contribution in [3.8, 4) is 0 Å². The molecule has 18 heavy (non-hydrogen) atoms. The van der Waals surface area contributed by atoms with E-state index in [9.17, 15) is 4.79 Å². The molecule has 0 radical (unpaired) electrons. The molecular formula is C11H13BrN4OS. The molecule has 2 aromatic heterocycles. The van der Waals surface area contributed by atoms with Crippen LogP contribution in [0.3, 0.4) is 0 Å². The maximum atomic E-state index is 11.1. The van der Waals surface area contributed by atoms with E-state index in [2.05, 4.69) is 21.0 Å². The first-order valence-electron chi connectivity index (χ1n) is 5.34. The number of carbonyl (C=O) groups is 1. The molecule has 0 aliphatic heterocycles. The number of thiophene rings is 1. The average molecular weight is 329 g/mol. The molecule has 7 heteroatoms. The molecule has 0 fully saturated rings. The van der Waals surface area contributed by atoms with Gasteiger partial charge in [0.25, 0.3) is 5.91 Å². The van der Waals surface area contributed by atoms with E-state index in [4.69, 9.17) is 11.5 Å². The minimum Gasteiger partial charge on any atom is -0.366 e. The molecule has 0 aliphatic carbocycles. The van der Waals surface area contributed by atoms with Crippen LogP contribution in [0, 0.1) is 0 Å². The Morgan fingerprint density at radius 2 is 2.28 bits per heavy atom. The molecule has 0 spiro atoms. The normalized spacial score (nSPS) is 14.4. The number of primary amides is 1. The number of carbonyl (C=O) groups excluding carboxylic acids is 1. The zero-order valence-electron chi connectivity index (χ0n) is 9.71. The van der Waals surface area contributed by atoms with Crippen LogP contribution in [0.5, 0.6) is 0 Å². The lowest BCUT2D eigenvalue weighted by molar-refractivity contribution is 0.1000. The highest BCUT2D eigenvalue weighted by atomic mass is 79.9. The number of aromatic nitrogens is 2. The van der Waals surface area contributed by atoms with Crippen LogP contribution in [0.4, 0.5) is 0 Å². The summed E-state index contributed by atoms with van der Waals surface area (Å²) in [6, 6.07) is 3.73. The Hall–Kier alpha value is -1.18. The summed E-state index contributed by atoms with van der Waals surface area (Å²) in [5, 5.41) is 4.17. The van der Waals surface area contributed by atoms with Crippen LogP contribution < -0.4 is 11.5 Å². The number of amides is 1. The summed E-state index contributed by atoms with van der Waals surface area (Å²) >= 11 is 5.02. The minimum atomic E-state index is -0.489. The highest BCUT2D eigenvalue weighted by Gasteiger charge is 2.21. The maximum absolute atomic E-state index is 11.1. The average Bonchev–Trinajstić information content (AvgIpc) is 2.88. The van der Waals surface area contributed by atoms with Crippen LogP contribution in [-0.2, 0) is 0 Å². The third-order valence-corrected chi connectivity index (χ3v) is 4.25. The monoisotopic (exact) mass is 328 g/mol. The van der Waals surface area contributed by atoms with Crippen molar-refractivity contribution in [2.45, 2.75) is 19.0 Å². The number of hydrogen-bond donors (Lipinski definition) is 2.